The maximum absolute atomic E-state index is 11.0. The summed E-state index contributed by atoms with van der Waals surface area (Å²) in [6, 6.07) is 0. The Labute approximate surface area is 165 Å². The van der Waals surface area contributed by atoms with Crippen LogP contribution in [0.3, 0.4) is 0 Å². The second-order valence-corrected chi connectivity index (χ2v) is 10.5. The topological polar surface area (TPSA) is 49.7 Å². The average molecular weight is 375 g/mol. The highest BCUT2D eigenvalue weighted by molar-refractivity contribution is 5.19. The van der Waals surface area contributed by atoms with Crippen molar-refractivity contribution in [3.05, 3.63) is 0 Å². The van der Waals surface area contributed by atoms with Gasteiger partial charge in [-0.15, -0.1) is 0 Å². The predicted molar refractivity (Wildman–Crippen MR) is 107 cm³/mol. The monoisotopic (exact) mass is 374 g/mol. The lowest BCUT2D eigenvalue weighted by atomic mass is 9.44. The molecule has 0 aliphatic heterocycles. The Balaban J connectivity index is 1.53. The Hall–Kier alpha value is -0.560. The van der Waals surface area contributed by atoms with Crippen LogP contribution in [0.25, 0.3) is 0 Å². The van der Waals surface area contributed by atoms with Crippen molar-refractivity contribution in [3.63, 3.8) is 0 Å². The second kappa shape index (κ2) is 7.05. The van der Waals surface area contributed by atoms with Crippen LogP contribution in [0.5, 0.6) is 0 Å². The van der Waals surface area contributed by atoms with Gasteiger partial charge < -0.3 is 14.9 Å². The predicted octanol–water partition coefficient (Wildman–Crippen LogP) is 4.16. The van der Waals surface area contributed by atoms with Crippen molar-refractivity contribution < 1.29 is 14.9 Å². The van der Waals surface area contributed by atoms with E-state index >= 15 is 0 Å². The lowest BCUT2D eigenvalue weighted by Gasteiger charge is -2.61. The van der Waals surface area contributed by atoms with E-state index in [4.69, 9.17) is 9.84 Å². The van der Waals surface area contributed by atoms with Crippen LogP contribution in [-0.2, 0) is 4.74 Å². The summed E-state index contributed by atoms with van der Waals surface area (Å²) in [5, 5.41) is 20.0. The minimum Gasteiger partial charge on any atom is -0.395 e. The van der Waals surface area contributed by atoms with E-state index in [9.17, 15) is 5.11 Å². The summed E-state index contributed by atoms with van der Waals surface area (Å²) in [5.74, 6) is 9.16. The number of methoxy groups -OCH3 is 1. The van der Waals surface area contributed by atoms with Gasteiger partial charge in [-0.2, -0.15) is 0 Å². The first-order valence-corrected chi connectivity index (χ1v) is 11.2. The maximum Gasteiger partial charge on any atom is 0.125 e. The second-order valence-electron chi connectivity index (χ2n) is 10.5. The van der Waals surface area contributed by atoms with E-state index < -0.39 is 5.60 Å². The van der Waals surface area contributed by atoms with E-state index in [2.05, 4.69) is 25.7 Å². The molecule has 4 rings (SSSR count). The molecule has 0 spiro atoms. The largest absolute Gasteiger partial charge is 0.395 e. The number of fused-ring (bicyclic) bond motifs is 5. The fourth-order valence-corrected chi connectivity index (χ4v) is 7.98. The first-order chi connectivity index (χ1) is 12.9. The van der Waals surface area contributed by atoms with Crippen LogP contribution in [0.4, 0.5) is 0 Å². The Bertz CT molecular complexity index is 621. The van der Waals surface area contributed by atoms with Crippen molar-refractivity contribution in [2.24, 2.45) is 34.5 Å². The van der Waals surface area contributed by atoms with Gasteiger partial charge in [0, 0.05) is 13.5 Å². The summed E-state index contributed by atoms with van der Waals surface area (Å²) in [5.41, 5.74) is -0.0888. The molecule has 0 aromatic carbocycles. The number of aliphatic hydroxyl groups excluding tert-OH is 1. The summed E-state index contributed by atoms with van der Waals surface area (Å²) in [4.78, 5) is 0. The normalized spacial score (nSPS) is 51.5. The molecule has 0 saturated heterocycles. The minimum absolute atomic E-state index is 0.0800. The fraction of sp³-hybridized carbons (Fsp3) is 0.917. The third kappa shape index (κ3) is 3.07. The highest BCUT2D eigenvalue weighted by Crippen LogP contribution is 2.67. The van der Waals surface area contributed by atoms with Gasteiger partial charge in [0.2, 0.25) is 0 Å². The highest BCUT2D eigenvalue weighted by atomic mass is 16.5. The van der Waals surface area contributed by atoms with Crippen LogP contribution in [0.2, 0.25) is 0 Å². The molecule has 0 aromatic rings. The van der Waals surface area contributed by atoms with Crippen molar-refractivity contribution in [1.82, 2.24) is 0 Å². The fourth-order valence-electron chi connectivity index (χ4n) is 7.98. The molecule has 2 N–H and O–H groups in total. The van der Waals surface area contributed by atoms with E-state index in [1.165, 1.54) is 38.5 Å². The van der Waals surface area contributed by atoms with Crippen LogP contribution >= 0.6 is 0 Å². The Morgan fingerprint density at radius 1 is 0.963 bits per heavy atom. The third-order valence-corrected chi connectivity index (χ3v) is 9.48. The molecular weight excluding hydrogens is 336 g/mol. The van der Waals surface area contributed by atoms with Crippen molar-refractivity contribution >= 4 is 0 Å². The highest BCUT2D eigenvalue weighted by Gasteiger charge is 2.61. The van der Waals surface area contributed by atoms with Gasteiger partial charge >= 0.3 is 0 Å². The lowest BCUT2D eigenvalue weighted by Crippen LogP contribution is -2.56. The van der Waals surface area contributed by atoms with Gasteiger partial charge in [0.1, 0.15) is 5.60 Å². The molecule has 3 nitrogen and oxygen atoms in total. The van der Waals surface area contributed by atoms with Gasteiger partial charge in [0.05, 0.1) is 12.7 Å². The Morgan fingerprint density at radius 3 is 2.48 bits per heavy atom. The Kier molecular flexibility index (Phi) is 5.15. The van der Waals surface area contributed by atoms with Crippen LogP contribution < -0.4 is 0 Å². The molecule has 3 heteroatoms. The first kappa shape index (κ1) is 19.7. The molecule has 0 radical (unpaired) electrons. The van der Waals surface area contributed by atoms with E-state index in [0.29, 0.717) is 29.3 Å². The smallest absolute Gasteiger partial charge is 0.125 e. The van der Waals surface area contributed by atoms with Crippen LogP contribution in [0.1, 0.15) is 78.1 Å². The SMILES string of the molecule is CO[C@H]1CC[C@H]2[C@@H]3CC[C@H]4C[C@@](O)(C#CCCO)CC[C@]4(C)[C@H]3CC[C@]12C. The zero-order valence-corrected chi connectivity index (χ0v) is 17.5. The van der Waals surface area contributed by atoms with Gasteiger partial charge in [-0.1, -0.05) is 25.7 Å². The lowest BCUT2D eigenvalue weighted by molar-refractivity contribution is -0.146. The summed E-state index contributed by atoms with van der Waals surface area (Å²) in [7, 11) is 1.91. The van der Waals surface area contributed by atoms with E-state index in [0.717, 1.165) is 37.0 Å². The van der Waals surface area contributed by atoms with Crippen molar-refractivity contribution in [3.8, 4) is 11.8 Å². The van der Waals surface area contributed by atoms with Gasteiger partial charge in [0.25, 0.3) is 0 Å². The van der Waals surface area contributed by atoms with Gasteiger partial charge in [-0.05, 0) is 92.3 Å². The molecule has 152 valence electrons. The summed E-state index contributed by atoms with van der Waals surface area (Å²) in [6.07, 6.45) is 11.4. The van der Waals surface area contributed by atoms with Crippen LogP contribution in [-0.4, -0.2) is 35.6 Å². The van der Waals surface area contributed by atoms with E-state index in [-0.39, 0.29) is 6.61 Å². The number of hydrogen-bond acceptors (Lipinski definition) is 3. The molecule has 8 atom stereocenters. The summed E-state index contributed by atoms with van der Waals surface area (Å²) >= 11 is 0. The molecule has 4 aliphatic carbocycles. The molecule has 0 unspecified atom stereocenters. The summed E-state index contributed by atoms with van der Waals surface area (Å²) in [6.45, 7) is 5.11. The van der Waals surface area contributed by atoms with Crippen molar-refractivity contribution in [2.75, 3.05) is 13.7 Å². The molecule has 27 heavy (non-hydrogen) atoms. The number of aliphatic hydroxyl groups is 2. The first-order valence-electron chi connectivity index (χ1n) is 11.2. The molecule has 4 saturated carbocycles. The Morgan fingerprint density at radius 2 is 1.74 bits per heavy atom. The zero-order valence-electron chi connectivity index (χ0n) is 17.5. The van der Waals surface area contributed by atoms with Gasteiger partial charge in [0.15, 0.2) is 0 Å². The number of ether oxygens (including phenoxy) is 1. The third-order valence-electron chi connectivity index (χ3n) is 9.48. The molecule has 0 aromatic heterocycles. The molecular formula is C24H38O3. The van der Waals surface area contributed by atoms with Crippen LogP contribution in [0.15, 0.2) is 0 Å². The quantitative estimate of drug-likeness (QED) is 0.714. The van der Waals surface area contributed by atoms with E-state index in [1.54, 1.807) is 0 Å². The van der Waals surface area contributed by atoms with Crippen molar-refractivity contribution in [1.29, 1.82) is 0 Å². The minimum atomic E-state index is -0.829. The maximum atomic E-state index is 11.0. The van der Waals surface area contributed by atoms with Gasteiger partial charge in [-0.25, -0.2) is 0 Å². The molecule has 0 amide bonds. The standard InChI is InChI=1S/C24H38O3/c1-22-13-14-24(26,11-4-5-15-25)16-17(22)6-7-18-19-8-9-21(27-3)23(19,2)12-10-20(18)22/h17-21,25-26H,5-10,12-16H2,1-3H3/t17-,18-,19-,20-,21-,22-,23-,24+/m0/s1. The zero-order chi connectivity index (χ0) is 19.3. The van der Waals surface area contributed by atoms with Crippen molar-refractivity contribution in [2.45, 2.75) is 89.8 Å². The summed E-state index contributed by atoms with van der Waals surface area (Å²) < 4.78 is 5.90. The average Bonchev–Trinajstić information content (AvgIpc) is 2.99. The van der Waals surface area contributed by atoms with E-state index in [1.807, 2.05) is 7.11 Å². The van der Waals surface area contributed by atoms with Crippen LogP contribution in [0, 0.1) is 46.3 Å². The number of hydrogen-bond donors (Lipinski definition) is 2. The molecule has 4 fully saturated rings. The molecule has 4 aliphatic rings. The molecule has 0 bridgehead atoms. The molecule has 0 heterocycles. The van der Waals surface area contributed by atoms with Gasteiger partial charge in [-0.3, -0.25) is 0 Å². The number of rotatable bonds is 2.